The number of benzene rings is 1. The second kappa shape index (κ2) is 17.0. The maximum Gasteiger partial charge on any atom is 0.294 e. The largest absolute Gasteiger partial charge is 0.377 e. The van der Waals surface area contributed by atoms with Crippen LogP contribution in [0.25, 0.3) is 22.3 Å². The van der Waals surface area contributed by atoms with Gasteiger partial charge in [-0.3, -0.25) is 4.55 Å². The van der Waals surface area contributed by atoms with Gasteiger partial charge in [0.05, 0.1) is 4.90 Å². The molecule has 5 aliphatic rings. The summed E-state index contributed by atoms with van der Waals surface area (Å²) in [6.45, 7) is 5.23. The van der Waals surface area contributed by atoms with E-state index in [1.165, 1.54) is 34.4 Å². The predicted octanol–water partition coefficient (Wildman–Crippen LogP) is 4.89. The van der Waals surface area contributed by atoms with Gasteiger partial charge < -0.3 is 39.5 Å². The molecule has 0 saturated heterocycles. The molecule has 8 bridgehead atoms. The lowest BCUT2D eigenvalue weighted by Crippen LogP contribution is -2.22. The maximum absolute atomic E-state index is 10.5. The summed E-state index contributed by atoms with van der Waals surface area (Å²) in [6.07, 6.45) is 26.8. The van der Waals surface area contributed by atoms with Crippen LogP contribution in [0.2, 0.25) is 0 Å². The number of likely N-dealkylation sites (N-methyl/N-ethyl adjacent to an activating group) is 4. The minimum atomic E-state index is -4.02. The highest BCUT2D eigenvalue weighted by Gasteiger charge is 2.21. The molecule has 9 heterocycles. The number of allylic oxidation sites excluding steroid dienone is 8. The molecule has 0 saturated carbocycles. The van der Waals surface area contributed by atoms with Crippen molar-refractivity contribution in [1.82, 2.24) is 39.5 Å². The SMILES string of the molecule is CN1C=CC(C2=c3ccc([nH]3)=C(C3=CCN(C)C=C3)c3ccc([nH]3)C(C3=CCN(C)C=C3)=c3ccc([nH]3)=C(C3=CCN(C)C=C3)c3ccc2[nH]3)=CC1.Cc1ccc(S(=O)(=O)O)cc1. The normalized spacial score (nSPS) is 17.4. The summed E-state index contributed by atoms with van der Waals surface area (Å²) < 4.78 is 29.6. The fourth-order valence-corrected chi connectivity index (χ4v) is 8.82. The number of H-pyrrole nitrogens is 4. The van der Waals surface area contributed by atoms with E-state index < -0.39 is 10.1 Å². The van der Waals surface area contributed by atoms with E-state index in [0.29, 0.717) is 0 Å². The van der Waals surface area contributed by atoms with Crippen molar-refractivity contribution in [3.8, 4) is 0 Å². The van der Waals surface area contributed by atoms with Crippen LogP contribution in [0.1, 0.15) is 28.3 Å². The highest BCUT2D eigenvalue weighted by molar-refractivity contribution is 7.85. The summed E-state index contributed by atoms with van der Waals surface area (Å²) in [5.41, 5.74) is 14.5. The Hall–Kier alpha value is -7.15. The van der Waals surface area contributed by atoms with Gasteiger partial charge in [-0.2, -0.15) is 8.42 Å². The molecule has 0 fully saturated rings. The number of aromatic nitrogens is 4. The van der Waals surface area contributed by atoms with Crippen LogP contribution in [-0.2, 0) is 10.1 Å². The zero-order valence-electron chi connectivity index (χ0n) is 36.1. The summed E-state index contributed by atoms with van der Waals surface area (Å²) in [4.78, 5) is 24.3. The zero-order valence-corrected chi connectivity index (χ0v) is 37.0. The van der Waals surface area contributed by atoms with Crippen molar-refractivity contribution in [2.24, 2.45) is 0 Å². The van der Waals surface area contributed by atoms with E-state index in [1.807, 2.05) is 6.92 Å². The van der Waals surface area contributed by atoms with E-state index in [1.54, 1.807) is 12.1 Å². The Kier molecular flexibility index (Phi) is 11.1. The minimum Gasteiger partial charge on any atom is -0.377 e. The van der Waals surface area contributed by atoms with Gasteiger partial charge in [0.2, 0.25) is 0 Å². The van der Waals surface area contributed by atoms with Crippen LogP contribution in [0, 0.1) is 6.92 Å². The highest BCUT2D eigenvalue weighted by Crippen LogP contribution is 2.30. The number of aromatic amines is 4. The Morgan fingerprint density at radius 1 is 0.429 bits per heavy atom. The molecule has 63 heavy (non-hydrogen) atoms. The van der Waals surface area contributed by atoms with Gasteiger partial charge in [-0.15, -0.1) is 0 Å². The molecule has 0 radical (unpaired) electrons. The van der Waals surface area contributed by atoms with E-state index in [-0.39, 0.29) is 4.90 Å². The predicted molar refractivity (Wildman–Crippen MR) is 252 cm³/mol. The first kappa shape index (κ1) is 41.2. The third-order valence-electron chi connectivity index (χ3n) is 11.8. The summed E-state index contributed by atoms with van der Waals surface area (Å²) >= 11 is 0. The van der Waals surface area contributed by atoms with Crippen LogP contribution in [0.5, 0.6) is 0 Å². The first-order valence-corrected chi connectivity index (χ1v) is 22.5. The number of hydrogen-bond donors (Lipinski definition) is 5. The van der Waals surface area contributed by atoms with E-state index in [0.717, 1.165) is 98.2 Å². The molecule has 1 aromatic carbocycles. The lowest BCUT2D eigenvalue weighted by Gasteiger charge is -2.20. The molecule has 0 atom stereocenters. The van der Waals surface area contributed by atoms with Gasteiger partial charge in [0.25, 0.3) is 10.1 Å². The van der Waals surface area contributed by atoms with Crippen molar-refractivity contribution >= 4 is 32.4 Å². The van der Waals surface area contributed by atoms with Crippen LogP contribution in [0.4, 0.5) is 0 Å². The average Bonchev–Trinajstić information content (AvgIpc) is 4.12. The van der Waals surface area contributed by atoms with E-state index >= 15 is 0 Å². The van der Waals surface area contributed by atoms with Crippen molar-refractivity contribution in [3.05, 3.63) is 218 Å². The van der Waals surface area contributed by atoms with Crippen molar-refractivity contribution in [2.45, 2.75) is 11.8 Å². The van der Waals surface area contributed by atoms with Gasteiger partial charge in [0.1, 0.15) is 0 Å². The highest BCUT2D eigenvalue weighted by atomic mass is 32.2. The smallest absolute Gasteiger partial charge is 0.294 e. The maximum atomic E-state index is 10.5. The third kappa shape index (κ3) is 8.68. The molecule has 0 amide bonds. The summed E-state index contributed by atoms with van der Waals surface area (Å²) in [6, 6.07) is 23.8. The van der Waals surface area contributed by atoms with Crippen LogP contribution >= 0.6 is 0 Å². The molecule has 10 rings (SSSR count). The average molecular weight is 857 g/mol. The van der Waals surface area contributed by atoms with Gasteiger partial charge in [-0.05, 0) is 139 Å². The van der Waals surface area contributed by atoms with Crippen molar-refractivity contribution in [1.29, 1.82) is 0 Å². The van der Waals surface area contributed by atoms with Crippen LogP contribution in [0.15, 0.2) is 173 Å². The molecule has 5 N–H and O–H groups in total. The van der Waals surface area contributed by atoms with Crippen LogP contribution < -0.4 is 21.4 Å². The lowest BCUT2D eigenvalue weighted by atomic mass is 10.0. The van der Waals surface area contributed by atoms with E-state index in [9.17, 15) is 8.42 Å². The van der Waals surface area contributed by atoms with E-state index in [2.05, 4.69) is 190 Å². The number of hydrogen-bond acceptors (Lipinski definition) is 6. The molecule has 12 heteroatoms. The molecule has 5 aliphatic heterocycles. The van der Waals surface area contributed by atoms with Crippen molar-refractivity contribution in [3.63, 3.8) is 0 Å². The molecule has 5 aromatic rings. The first-order valence-electron chi connectivity index (χ1n) is 21.0. The quantitative estimate of drug-likeness (QED) is 0.159. The number of rotatable bonds is 5. The summed E-state index contributed by atoms with van der Waals surface area (Å²) in [5.74, 6) is 0. The number of fused-ring (bicyclic) bond motifs is 8. The topological polar surface area (TPSA) is 130 Å². The second-order valence-corrected chi connectivity index (χ2v) is 18.0. The Labute approximate surface area is 367 Å². The monoisotopic (exact) mass is 856 g/mol. The molecule has 4 aromatic heterocycles. The fraction of sp³-hybridized carbons (Fsp3) is 0.176. The number of nitrogens with zero attached hydrogens (tertiary/aromatic N) is 4. The Morgan fingerprint density at radius 3 is 0.952 bits per heavy atom. The summed E-state index contributed by atoms with van der Waals surface area (Å²) in [7, 11) is 4.42. The van der Waals surface area contributed by atoms with Gasteiger partial charge in [0, 0.05) is 121 Å². The Morgan fingerprint density at radius 2 is 0.714 bits per heavy atom. The molecular weight excluding hydrogens is 805 g/mol. The van der Waals surface area contributed by atoms with E-state index in [4.69, 9.17) is 4.55 Å². The molecule has 0 spiro atoms. The molecule has 11 nitrogen and oxygen atoms in total. The Balaban J connectivity index is 0.000000402. The summed E-state index contributed by atoms with van der Waals surface area (Å²) in [5, 5.41) is 4.25. The standard InChI is InChI=1S/C44H44N8.C7H8O3S/c1-49-21-13-29(14-22-49)41-33-5-7-35(45-33)42(30-15-23-50(2)24-16-30)37-9-11-39(47-37)44(32-19-27-52(4)28-20-32)40-12-10-38(48-40)43(36-8-6-34(41)46-36)31-17-25-51(3)26-18-31;1-6-2-4-7(5-3-6)11(8,9)10/h5-21,23,25,27,45-48H,22,24,26,28H2,1-4H3;2-5H,1H3,(H,8,9,10). The number of aryl methyl sites for hydroxylation is 1. The minimum absolute atomic E-state index is 0.0666. The van der Waals surface area contributed by atoms with Gasteiger partial charge in [0.15, 0.2) is 0 Å². The Bertz CT molecular complexity index is 2880. The van der Waals surface area contributed by atoms with Gasteiger partial charge in [-0.1, -0.05) is 42.0 Å². The van der Waals surface area contributed by atoms with Crippen LogP contribution in [0.3, 0.4) is 0 Å². The van der Waals surface area contributed by atoms with Crippen LogP contribution in [-0.4, -0.2) is 107 Å². The third-order valence-corrected chi connectivity index (χ3v) is 12.7. The second-order valence-electron chi connectivity index (χ2n) is 16.6. The first-order chi connectivity index (χ1) is 30.4. The molecule has 0 aliphatic carbocycles. The number of nitrogens with one attached hydrogen (secondary N) is 4. The zero-order chi connectivity index (χ0) is 43.8. The van der Waals surface area contributed by atoms with Gasteiger partial charge in [-0.25, -0.2) is 0 Å². The van der Waals surface area contributed by atoms with Crippen molar-refractivity contribution in [2.75, 3.05) is 54.4 Å². The van der Waals surface area contributed by atoms with Gasteiger partial charge >= 0.3 is 0 Å². The molecule has 0 unspecified atom stereocenters. The van der Waals surface area contributed by atoms with Crippen molar-refractivity contribution < 1.29 is 13.0 Å². The molecular formula is C51H52N8O3S. The molecule has 320 valence electrons. The fourth-order valence-electron chi connectivity index (χ4n) is 8.34. The lowest BCUT2D eigenvalue weighted by molar-refractivity contribution is 0.483.